The zero-order chi connectivity index (χ0) is 19.6. The molecule has 10 heteroatoms. The number of rotatable bonds is 6. The number of amides is 2. The van der Waals surface area contributed by atoms with Crippen LogP contribution >= 0.6 is 0 Å². The molecule has 3 rings (SSSR count). The number of aliphatic hydroxyl groups is 1. The number of carbonyl (C=O) groups excluding carboxylic acids is 2. The number of β-amino-alcohol motifs (C(OH)–C–C–N with tert-alkyl or cyclic N) is 1. The molecular weight excluding hydrogens is 362 g/mol. The van der Waals surface area contributed by atoms with Gasteiger partial charge in [-0.15, -0.1) is 0 Å². The number of aliphatic hydroxyl groups excluding tert-OH is 1. The Hall–Kier alpha value is -2.59. The molecule has 1 saturated heterocycles. The Bertz CT molecular complexity index is 841. The molecule has 146 valence electrons. The minimum atomic E-state index is -3.04. The van der Waals surface area contributed by atoms with E-state index < -0.39 is 31.3 Å². The van der Waals surface area contributed by atoms with Gasteiger partial charge in [0, 0.05) is 24.2 Å². The van der Waals surface area contributed by atoms with E-state index in [2.05, 4.69) is 20.3 Å². The molecule has 0 aliphatic carbocycles. The fourth-order valence-corrected chi connectivity index (χ4v) is 3.26. The van der Waals surface area contributed by atoms with Gasteiger partial charge in [-0.25, -0.2) is 0 Å². The van der Waals surface area contributed by atoms with E-state index in [1.165, 1.54) is 4.90 Å². The third-order valence-corrected chi connectivity index (χ3v) is 4.56. The number of likely N-dealkylation sites (tertiary alicyclic amines) is 1. The maximum Gasteiger partial charge on any atom is 0.345 e. The van der Waals surface area contributed by atoms with E-state index in [1.54, 1.807) is 12.1 Å². The highest BCUT2D eigenvalue weighted by Crippen LogP contribution is 2.20. The number of H-pyrrole nitrogens is 1. The highest BCUT2D eigenvalue weighted by Gasteiger charge is 2.34. The Balaban J connectivity index is 1.65. The highest BCUT2D eigenvalue weighted by molar-refractivity contribution is 6.06. The fourth-order valence-electron chi connectivity index (χ4n) is 3.26. The SMILES string of the molecule is Cc1[nH]nc2c(C(=O)NC[C@H]3C[C@@H](O)CN3C(=O)COC(F)F)cccc12. The molecule has 2 atom stereocenters. The van der Waals surface area contributed by atoms with Crippen LogP contribution in [0.3, 0.4) is 0 Å². The predicted molar refractivity (Wildman–Crippen MR) is 91.2 cm³/mol. The van der Waals surface area contributed by atoms with E-state index in [9.17, 15) is 23.5 Å². The zero-order valence-electron chi connectivity index (χ0n) is 14.6. The molecule has 0 saturated carbocycles. The molecule has 27 heavy (non-hydrogen) atoms. The molecule has 0 spiro atoms. The van der Waals surface area contributed by atoms with Crippen LogP contribution in [0.2, 0.25) is 0 Å². The van der Waals surface area contributed by atoms with Crippen LogP contribution in [-0.4, -0.2) is 70.5 Å². The largest absolute Gasteiger partial charge is 0.391 e. The van der Waals surface area contributed by atoms with Crippen molar-refractivity contribution < 1.29 is 28.2 Å². The van der Waals surface area contributed by atoms with Gasteiger partial charge >= 0.3 is 6.61 Å². The van der Waals surface area contributed by atoms with Crippen LogP contribution in [0.25, 0.3) is 10.9 Å². The third-order valence-electron chi connectivity index (χ3n) is 4.56. The second kappa shape index (κ2) is 7.97. The summed E-state index contributed by atoms with van der Waals surface area (Å²) in [5.41, 5.74) is 1.76. The number of aromatic nitrogens is 2. The monoisotopic (exact) mass is 382 g/mol. The molecule has 1 aliphatic rings. The number of halogens is 2. The molecule has 3 N–H and O–H groups in total. The number of para-hydroxylation sites is 1. The van der Waals surface area contributed by atoms with Crippen LogP contribution in [0.5, 0.6) is 0 Å². The number of nitrogens with one attached hydrogen (secondary N) is 2. The van der Waals surface area contributed by atoms with Crippen LogP contribution in [0.1, 0.15) is 22.5 Å². The first-order chi connectivity index (χ1) is 12.9. The molecule has 0 radical (unpaired) electrons. The maximum absolute atomic E-state index is 12.5. The highest BCUT2D eigenvalue weighted by atomic mass is 19.3. The zero-order valence-corrected chi connectivity index (χ0v) is 14.6. The molecule has 2 amide bonds. The molecule has 1 aromatic carbocycles. The number of ether oxygens (including phenoxy) is 1. The molecule has 0 unspecified atom stereocenters. The molecule has 0 bridgehead atoms. The normalized spacial score (nSPS) is 19.8. The van der Waals surface area contributed by atoms with Gasteiger partial charge in [0.1, 0.15) is 12.1 Å². The van der Waals surface area contributed by atoms with Crippen LogP contribution in [0.4, 0.5) is 8.78 Å². The van der Waals surface area contributed by atoms with Crippen molar-refractivity contribution >= 4 is 22.7 Å². The van der Waals surface area contributed by atoms with Crippen molar-refractivity contribution in [2.45, 2.75) is 32.1 Å². The van der Waals surface area contributed by atoms with Gasteiger partial charge in [-0.05, 0) is 19.4 Å². The number of benzene rings is 1. The third kappa shape index (κ3) is 4.22. The van der Waals surface area contributed by atoms with E-state index in [0.29, 0.717) is 11.1 Å². The van der Waals surface area contributed by atoms with Gasteiger partial charge in [-0.2, -0.15) is 13.9 Å². The van der Waals surface area contributed by atoms with Crippen molar-refractivity contribution in [3.63, 3.8) is 0 Å². The molecule has 1 fully saturated rings. The molecule has 8 nitrogen and oxygen atoms in total. The van der Waals surface area contributed by atoms with E-state index in [1.807, 2.05) is 13.0 Å². The van der Waals surface area contributed by atoms with Crippen LogP contribution in [0.15, 0.2) is 18.2 Å². The average Bonchev–Trinajstić information content (AvgIpc) is 3.20. The van der Waals surface area contributed by atoms with Gasteiger partial charge in [-0.3, -0.25) is 14.7 Å². The van der Waals surface area contributed by atoms with Crippen molar-refractivity contribution in [2.75, 3.05) is 19.7 Å². The fraction of sp³-hybridized carbons (Fsp3) is 0.471. The second-order valence-corrected chi connectivity index (χ2v) is 6.42. The smallest absolute Gasteiger partial charge is 0.345 e. The van der Waals surface area contributed by atoms with E-state index in [0.717, 1.165) is 11.1 Å². The minimum Gasteiger partial charge on any atom is -0.391 e. The molecular formula is C17H20F2N4O4. The van der Waals surface area contributed by atoms with Gasteiger partial charge in [-0.1, -0.05) is 12.1 Å². The summed E-state index contributed by atoms with van der Waals surface area (Å²) in [5.74, 6) is -1.03. The van der Waals surface area contributed by atoms with Gasteiger partial charge in [0.05, 0.1) is 17.7 Å². The maximum atomic E-state index is 12.5. The van der Waals surface area contributed by atoms with Crippen molar-refractivity contribution in [1.82, 2.24) is 20.4 Å². The van der Waals surface area contributed by atoms with E-state index in [4.69, 9.17) is 0 Å². The lowest BCUT2D eigenvalue weighted by Gasteiger charge is -2.24. The molecule has 2 heterocycles. The Kier molecular flexibility index (Phi) is 5.66. The number of fused-ring (bicyclic) bond motifs is 1. The summed E-state index contributed by atoms with van der Waals surface area (Å²) in [4.78, 5) is 25.8. The summed E-state index contributed by atoms with van der Waals surface area (Å²) in [6.07, 6.45) is -0.535. The first kappa shape index (κ1) is 19.2. The standard InChI is InChI=1S/C17H20F2N4O4/c1-9-12-3-2-4-13(15(12)22-21-9)16(26)20-6-10-5-11(24)7-23(10)14(25)8-27-17(18)19/h2-4,10-11,17,24H,5-8H2,1H3,(H,20,26)(H,21,22)/t10-,11-/m1/s1. The lowest BCUT2D eigenvalue weighted by molar-refractivity contribution is -0.160. The van der Waals surface area contributed by atoms with E-state index >= 15 is 0 Å². The summed E-state index contributed by atoms with van der Waals surface area (Å²) in [6.45, 7) is -1.88. The van der Waals surface area contributed by atoms with Gasteiger partial charge in [0.15, 0.2) is 0 Å². The minimum absolute atomic E-state index is 0.0140. The van der Waals surface area contributed by atoms with Gasteiger partial charge in [0.2, 0.25) is 5.91 Å². The number of aromatic amines is 1. The van der Waals surface area contributed by atoms with Crippen LogP contribution < -0.4 is 5.32 Å². The van der Waals surface area contributed by atoms with Crippen molar-refractivity contribution in [3.05, 3.63) is 29.5 Å². The first-order valence-corrected chi connectivity index (χ1v) is 8.46. The summed E-state index contributed by atoms with van der Waals surface area (Å²) >= 11 is 0. The topological polar surface area (TPSA) is 108 Å². The Morgan fingerprint density at radius 1 is 1.48 bits per heavy atom. The quantitative estimate of drug-likeness (QED) is 0.685. The summed E-state index contributed by atoms with van der Waals surface area (Å²) in [5, 5.41) is 20.3. The first-order valence-electron chi connectivity index (χ1n) is 8.46. The average molecular weight is 382 g/mol. The van der Waals surface area contributed by atoms with Gasteiger partial charge in [0.25, 0.3) is 5.91 Å². The number of hydrogen-bond donors (Lipinski definition) is 3. The lowest BCUT2D eigenvalue weighted by Crippen LogP contribution is -2.44. The molecule has 2 aromatic rings. The van der Waals surface area contributed by atoms with Crippen molar-refractivity contribution in [1.29, 1.82) is 0 Å². The number of hydrogen-bond acceptors (Lipinski definition) is 5. The van der Waals surface area contributed by atoms with Gasteiger partial charge < -0.3 is 20.1 Å². The Morgan fingerprint density at radius 2 is 2.26 bits per heavy atom. The predicted octanol–water partition coefficient (Wildman–Crippen LogP) is 0.802. The Morgan fingerprint density at radius 3 is 3.00 bits per heavy atom. The molecule has 1 aliphatic heterocycles. The number of carbonyl (C=O) groups is 2. The van der Waals surface area contributed by atoms with Crippen LogP contribution in [0, 0.1) is 6.92 Å². The number of aryl methyl sites for hydroxylation is 1. The lowest BCUT2D eigenvalue weighted by atomic mass is 10.1. The van der Waals surface area contributed by atoms with E-state index in [-0.39, 0.29) is 25.4 Å². The van der Waals surface area contributed by atoms with Crippen molar-refractivity contribution in [2.24, 2.45) is 0 Å². The summed E-state index contributed by atoms with van der Waals surface area (Å²) < 4.78 is 28.3. The van der Waals surface area contributed by atoms with Crippen LogP contribution in [-0.2, 0) is 9.53 Å². The molecule has 1 aromatic heterocycles. The number of alkyl halides is 2. The second-order valence-electron chi connectivity index (χ2n) is 6.42. The Labute approximate surface area is 153 Å². The summed E-state index contributed by atoms with van der Waals surface area (Å²) in [7, 11) is 0. The summed E-state index contributed by atoms with van der Waals surface area (Å²) in [6, 6.07) is 4.73. The van der Waals surface area contributed by atoms with Crippen molar-refractivity contribution in [3.8, 4) is 0 Å². The number of nitrogens with zero attached hydrogens (tertiary/aromatic N) is 2.